The summed E-state index contributed by atoms with van der Waals surface area (Å²) in [6.45, 7) is 6.57. The van der Waals surface area contributed by atoms with E-state index in [1.54, 1.807) is 6.20 Å². The van der Waals surface area contributed by atoms with Crippen LogP contribution in [0.25, 0.3) is 0 Å². The topological polar surface area (TPSA) is 30.2 Å². The molecular weight excluding hydrogens is 186 g/mol. The Morgan fingerprint density at radius 3 is 2.73 bits per heavy atom. The molecule has 2 heterocycles. The zero-order valence-electron chi connectivity index (χ0n) is 9.57. The third-order valence-electron chi connectivity index (χ3n) is 2.49. The van der Waals surface area contributed by atoms with E-state index < -0.39 is 0 Å². The Balaban J connectivity index is 2.30. The average Bonchev–Trinajstić information content (AvgIpc) is 2.69. The van der Waals surface area contributed by atoms with Gasteiger partial charge in [-0.1, -0.05) is 26.8 Å². The van der Waals surface area contributed by atoms with Crippen molar-refractivity contribution in [3.63, 3.8) is 0 Å². The second-order valence-corrected chi connectivity index (χ2v) is 4.86. The summed E-state index contributed by atoms with van der Waals surface area (Å²) in [5.74, 6) is 1.05. The van der Waals surface area contributed by atoms with E-state index in [9.17, 15) is 0 Å². The van der Waals surface area contributed by atoms with Gasteiger partial charge in [0.05, 0.1) is 0 Å². The van der Waals surface area contributed by atoms with E-state index in [1.165, 1.54) is 5.70 Å². The van der Waals surface area contributed by atoms with Crippen molar-refractivity contribution in [2.75, 3.05) is 0 Å². The highest BCUT2D eigenvalue weighted by Crippen LogP contribution is 2.29. The van der Waals surface area contributed by atoms with Crippen LogP contribution in [0.15, 0.2) is 35.2 Å². The number of hydrogen-bond donors (Lipinski definition) is 0. The smallest absolute Gasteiger partial charge is 0.130 e. The molecule has 2 rings (SSSR count). The predicted molar refractivity (Wildman–Crippen MR) is 61.8 cm³/mol. The van der Waals surface area contributed by atoms with Crippen LogP contribution in [0, 0.1) is 5.41 Å². The highest BCUT2D eigenvalue weighted by Gasteiger charge is 2.20. The fraction of sp³-hybridized carbons (Fsp3) is 0.500. The van der Waals surface area contributed by atoms with Crippen molar-refractivity contribution in [2.24, 2.45) is 10.4 Å². The lowest BCUT2D eigenvalue weighted by Crippen LogP contribution is -2.19. The average molecular weight is 203 g/mol. The van der Waals surface area contributed by atoms with Gasteiger partial charge in [-0.25, -0.2) is 9.67 Å². The number of hydrogen-bond acceptors (Lipinski definition) is 2. The predicted octanol–water partition coefficient (Wildman–Crippen LogP) is 2.85. The molecule has 0 radical (unpaired) electrons. The summed E-state index contributed by atoms with van der Waals surface area (Å²) >= 11 is 0. The van der Waals surface area contributed by atoms with Crippen molar-refractivity contribution in [3.05, 3.63) is 30.2 Å². The van der Waals surface area contributed by atoms with E-state index in [0.29, 0.717) is 0 Å². The molecule has 3 heteroatoms. The molecule has 0 aromatic carbocycles. The van der Waals surface area contributed by atoms with Crippen LogP contribution in [0.3, 0.4) is 0 Å². The molecule has 3 nitrogen and oxygen atoms in total. The van der Waals surface area contributed by atoms with E-state index >= 15 is 0 Å². The van der Waals surface area contributed by atoms with E-state index in [-0.39, 0.29) is 5.41 Å². The van der Waals surface area contributed by atoms with Crippen LogP contribution in [-0.4, -0.2) is 15.6 Å². The van der Waals surface area contributed by atoms with Crippen LogP contribution in [0.5, 0.6) is 0 Å². The van der Waals surface area contributed by atoms with Crippen LogP contribution in [0.1, 0.15) is 33.6 Å². The quantitative estimate of drug-likeness (QED) is 0.637. The minimum Gasteiger partial charge on any atom is -0.238 e. The van der Waals surface area contributed by atoms with Crippen molar-refractivity contribution in [2.45, 2.75) is 33.6 Å². The van der Waals surface area contributed by atoms with Crippen molar-refractivity contribution in [3.8, 4) is 0 Å². The number of aromatic nitrogens is 2. The molecule has 0 bridgehead atoms. The van der Waals surface area contributed by atoms with Gasteiger partial charge in [-0.05, 0) is 12.5 Å². The largest absolute Gasteiger partial charge is 0.238 e. The molecule has 0 amide bonds. The molecule has 0 fully saturated rings. The Hall–Kier alpha value is -1.38. The second-order valence-electron chi connectivity index (χ2n) is 4.86. The zero-order chi connectivity index (χ0) is 10.9. The molecule has 15 heavy (non-hydrogen) atoms. The van der Waals surface area contributed by atoms with Gasteiger partial charge in [-0.15, -0.1) is 0 Å². The Morgan fingerprint density at radius 2 is 2.13 bits per heavy atom. The summed E-state index contributed by atoms with van der Waals surface area (Å²) < 4.78 is 1.86. The van der Waals surface area contributed by atoms with E-state index in [2.05, 4.69) is 36.9 Å². The van der Waals surface area contributed by atoms with Gasteiger partial charge in [0.25, 0.3) is 0 Å². The van der Waals surface area contributed by atoms with Crippen molar-refractivity contribution < 1.29 is 0 Å². The maximum Gasteiger partial charge on any atom is 0.130 e. The molecular formula is C12H17N3. The molecule has 0 saturated heterocycles. The number of allylic oxidation sites excluding steroid dienone is 2. The first-order valence-electron chi connectivity index (χ1n) is 5.35. The maximum atomic E-state index is 4.67. The molecule has 0 N–H and O–H groups in total. The number of aliphatic imine (C=N–C) groups is 1. The Bertz CT molecular complexity index is 391. The first-order chi connectivity index (χ1) is 7.07. The minimum atomic E-state index is 0.124. The number of rotatable bonds is 0. The van der Waals surface area contributed by atoms with Gasteiger partial charge in [-0.2, -0.15) is 5.10 Å². The first-order valence-corrected chi connectivity index (χ1v) is 5.35. The van der Waals surface area contributed by atoms with Crippen LogP contribution in [0.2, 0.25) is 0 Å². The van der Waals surface area contributed by atoms with Gasteiger partial charge in [0.15, 0.2) is 0 Å². The first kappa shape index (κ1) is 10.1. The van der Waals surface area contributed by atoms with Gasteiger partial charge in [0, 0.05) is 29.9 Å². The molecule has 80 valence electrons. The Morgan fingerprint density at radius 1 is 1.33 bits per heavy atom. The van der Waals surface area contributed by atoms with Gasteiger partial charge in [0.2, 0.25) is 0 Å². The molecule has 0 saturated carbocycles. The lowest BCUT2D eigenvalue weighted by atomic mass is 9.90. The monoisotopic (exact) mass is 203 g/mol. The van der Waals surface area contributed by atoms with E-state index in [4.69, 9.17) is 0 Å². The van der Waals surface area contributed by atoms with Gasteiger partial charge in [0.1, 0.15) is 5.84 Å². The van der Waals surface area contributed by atoms with Gasteiger partial charge >= 0.3 is 0 Å². The fourth-order valence-corrected chi connectivity index (χ4v) is 1.64. The summed E-state index contributed by atoms with van der Waals surface area (Å²) in [7, 11) is 0. The van der Waals surface area contributed by atoms with E-state index in [0.717, 1.165) is 18.7 Å². The van der Waals surface area contributed by atoms with Crippen molar-refractivity contribution in [1.29, 1.82) is 0 Å². The lowest BCUT2D eigenvalue weighted by Gasteiger charge is -2.23. The summed E-state index contributed by atoms with van der Waals surface area (Å²) in [5.41, 5.74) is 1.29. The SMILES string of the molecule is CC(C)(C)C1=CCCC(n2cccn2)=N1. The van der Waals surface area contributed by atoms with Crippen LogP contribution >= 0.6 is 0 Å². The lowest BCUT2D eigenvalue weighted by molar-refractivity contribution is 0.492. The van der Waals surface area contributed by atoms with Crippen molar-refractivity contribution >= 4 is 5.84 Å². The fourth-order valence-electron chi connectivity index (χ4n) is 1.64. The Kier molecular flexibility index (Phi) is 2.47. The van der Waals surface area contributed by atoms with Crippen LogP contribution in [0.4, 0.5) is 0 Å². The molecule has 0 aliphatic carbocycles. The van der Waals surface area contributed by atoms with E-state index in [1.807, 2.05) is 16.9 Å². The second kappa shape index (κ2) is 3.65. The summed E-state index contributed by atoms with van der Waals surface area (Å²) in [4.78, 5) is 4.67. The van der Waals surface area contributed by atoms with Crippen molar-refractivity contribution in [1.82, 2.24) is 9.78 Å². The molecule has 1 aliphatic rings. The molecule has 0 atom stereocenters. The third kappa shape index (κ3) is 2.17. The molecule has 0 unspecified atom stereocenters. The third-order valence-corrected chi connectivity index (χ3v) is 2.49. The highest BCUT2D eigenvalue weighted by molar-refractivity contribution is 5.85. The van der Waals surface area contributed by atoms with Crippen LogP contribution < -0.4 is 0 Å². The zero-order valence-corrected chi connectivity index (χ0v) is 9.57. The van der Waals surface area contributed by atoms with Crippen LogP contribution in [-0.2, 0) is 0 Å². The maximum absolute atomic E-state index is 4.67. The molecule has 1 aliphatic heterocycles. The number of nitrogens with zero attached hydrogens (tertiary/aromatic N) is 3. The summed E-state index contributed by atoms with van der Waals surface area (Å²) in [6, 6.07) is 1.93. The summed E-state index contributed by atoms with van der Waals surface area (Å²) in [6.07, 6.45) is 8.00. The normalized spacial score (nSPS) is 17.3. The van der Waals surface area contributed by atoms with Gasteiger partial charge in [-0.3, -0.25) is 0 Å². The van der Waals surface area contributed by atoms with Gasteiger partial charge < -0.3 is 0 Å². The minimum absolute atomic E-state index is 0.124. The summed E-state index contributed by atoms with van der Waals surface area (Å²) in [5, 5.41) is 4.22. The molecule has 0 spiro atoms. The highest BCUT2D eigenvalue weighted by atomic mass is 15.3. The Labute approximate surface area is 90.5 Å². The standard InChI is InChI=1S/C12H17N3/c1-12(2,3)10-6-4-7-11(14-10)15-9-5-8-13-15/h5-6,8-9H,4,7H2,1-3H3. The molecule has 1 aromatic rings. The molecule has 1 aromatic heterocycles.